The molecule has 0 aliphatic carbocycles. The van der Waals surface area contributed by atoms with Gasteiger partial charge in [0.25, 0.3) is 11.6 Å². The molecule has 0 radical (unpaired) electrons. The van der Waals surface area contributed by atoms with Gasteiger partial charge in [-0.25, -0.2) is 4.98 Å². The molecule has 132 valence electrons. The number of carbonyl (C=O) groups is 1. The number of aromatic nitrogens is 1. The number of amides is 1. The average molecular weight is 369 g/mol. The van der Waals surface area contributed by atoms with E-state index in [0.717, 1.165) is 11.3 Å². The molecule has 1 N–H and O–H groups in total. The van der Waals surface area contributed by atoms with E-state index in [0.29, 0.717) is 17.4 Å². The summed E-state index contributed by atoms with van der Waals surface area (Å²) in [6, 6.07) is 13.1. The van der Waals surface area contributed by atoms with Gasteiger partial charge in [-0.05, 0) is 25.1 Å². The quantitative estimate of drug-likeness (QED) is 0.514. The van der Waals surface area contributed by atoms with Gasteiger partial charge in [0, 0.05) is 28.6 Å². The summed E-state index contributed by atoms with van der Waals surface area (Å²) in [5.74, 6) is 0.268. The molecular formula is C18H15N3O4S. The van der Waals surface area contributed by atoms with Gasteiger partial charge in [0.2, 0.25) is 0 Å². The third kappa shape index (κ3) is 3.86. The summed E-state index contributed by atoms with van der Waals surface area (Å²) in [5.41, 5.74) is 1.59. The Bertz CT molecular complexity index is 955. The molecule has 0 bridgehead atoms. The van der Waals surface area contributed by atoms with Crippen LogP contribution in [0.4, 0.5) is 10.8 Å². The second kappa shape index (κ2) is 7.75. The lowest BCUT2D eigenvalue weighted by Crippen LogP contribution is -2.11. The van der Waals surface area contributed by atoms with Crippen molar-refractivity contribution in [2.45, 2.75) is 6.92 Å². The van der Waals surface area contributed by atoms with Crippen LogP contribution in [0.15, 0.2) is 53.9 Å². The number of rotatable bonds is 6. The highest BCUT2D eigenvalue weighted by Crippen LogP contribution is 2.32. The minimum atomic E-state index is -0.539. The highest BCUT2D eigenvalue weighted by molar-refractivity contribution is 7.14. The van der Waals surface area contributed by atoms with Gasteiger partial charge in [0.1, 0.15) is 5.75 Å². The molecule has 1 aromatic heterocycles. The summed E-state index contributed by atoms with van der Waals surface area (Å²) in [5, 5.41) is 15.7. The number of para-hydroxylation sites is 1. The molecule has 26 heavy (non-hydrogen) atoms. The number of hydrogen-bond acceptors (Lipinski definition) is 6. The fraction of sp³-hybridized carbons (Fsp3) is 0.111. The fourth-order valence-corrected chi connectivity index (χ4v) is 3.05. The number of hydrogen-bond donors (Lipinski definition) is 1. The van der Waals surface area contributed by atoms with Gasteiger partial charge in [-0.1, -0.05) is 18.2 Å². The van der Waals surface area contributed by atoms with E-state index < -0.39 is 10.8 Å². The van der Waals surface area contributed by atoms with E-state index in [4.69, 9.17) is 4.74 Å². The van der Waals surface area contributed by atoms with Crippen LogP contribution in [-0.2, 0) is 0 Å². The molecule has 0 saturated heterocycles. The molecule has 0 atom stereocenters. The van der Waals surface area contributed by atoms with Gasteiger partial charge in [0.15, 0.2) is 5.13 Å². The number of ether oxygens (including phenoxy) is 1. The first-order chi connectivity index (χ1) is 12.6. The van der Waals surface area contributed by atoms with Crippen molar-refractivity contribution >= 4 is 28.1 Å². The van der Waals surface area contributed by atoms with E-state index in [1.165, 1.54) is 35.6 Å². The molecule has 8 heteroatoms. The average Bonchev–Trinajstić information content (AvgIpc) is 3.11. The van der Waals surface area contributed by atoms with Crippen molar-refractivity contribution in [3.05, 3.63) is 69.6 Å². The van der Waals surface area contributed by atoms with Crippen LogP contribution in [0.2, 0.25) is 0 Å². The normalized spacial score (nSPS) is 10.3. The first-order valence-electron chi connectivity index (χ1n) is 7.82. The van der Waals surface area contributed by atoms with Crippen LogP contribution in [0.5, 0.6) is 5.75 Å². The van der Waals surface area contributed by atoms with Gasteiger partial charge in [-0.2, -0.15) is 0 Å². The van der Waals surface area contributed by atoms with Gasteiger partial charge >= 0.3 is 0 Å². The molecule has 1 heterocycles. The number of thiazole rings is 1. The van der Waals surface area contributed by atoms with E-state index in [9.17, 15) is 14.9 Å². The Morgan fingerprint density at radius 1 is 1.27 bits per heavy atom. The number of anilines is 1. The van der Waals surface area contributed by atoms with E-state index >= 15 is 0 Å². The monoisotopic (exact) mass is 369 g/mol. The summed E-state index contributed by atoms with van der Waals surface area (Å²) < 4.78 is 5.60. The molecule has 0 fully saturated rings. The number of benzene rings is 2. The second-order valence-corrected chi connectivity index (χ2v) is 6.09. The zero-order chi connectivity index (χ0) is 18.5. The van der Waals surface area contributed by atoms with E-state index in [2.05, 4.69) is 10.3 Å². The molecule has 0 aliphatic heterocycles. The highest BCUT2D eigenvalue weighted by Gasteiger charge is 2.14. The Hall–Kier alpha value is -3.26. The van der Waals surface area contributed by atoms with Crippen molar-refractivity contribution in [3.63, 3.8) is 0 Å². The van der Waals surface area contributed by atoms with Gasteiger partial charge in [-0.15, -0.1) is 11.3 Å². The summed E-state index contributed by atoms with van der Waals surface area (Å²) in [6.45, 7) is 2.44. The lowest BCUT2D eigenvalue weighted by atomic mass is 10.1. The van der Waals surface area contributed by atoms with Gasteiger partial charge in [-0.3, -0.25) is 20.2 Å². The van der Waals surface area contributed by atoms with Crippen molar-refractivity contribution in [3.8, 4) is 17.0 Å². The van der Waals surface area contributed by atoms with Crippen LogP contribution >= 0.6 is 11.3 Å². The minimum absolute atomic E-state index is 0.136. The Morgan fingerprint density at radius 3 is 2.85 bits per heavy atom. The first kappa shape index (κ1) is 17.6. The van der Waals surface area contributed by atoms with Crippen LogP contribution in [0.3, 0.4) is 0 Å². The molecule has 7 nitrogen and oxygen atoms in total. The van der Waals surface area contributed by atoms with Crippen LogP contribution in [-0.4, -0.2) is 22.4 Å². The van der Waals surface area contributed by atoms with Crippen LogP contribution in [0.1, 0.15) is 17.3 Å². The lowest BCUT2D eigenvalue weighted by Gasteiger charge is -2.07. The van der Waals surface area contributed by atoms with E-state index in [-0.39, 0.29) is 11.3 Å². The number of nitro benzene ring substituents is 1. The maximum absolute atomic E-state index is 12.3. The fourth-order valence-electron chi connectivity index (χ4n) is 2.34. The number of nitrogens with one attached hydrogen (secondary N) is 1. The highest BCUT2D eigenvalue weighted by atomic mass is 32.1. The lowest BCUT2D eigenvalue weighted by molar-refractivity contribution is -0.384. The predicted molar refractivity (Wildman–Crippen MR) is 99.8 cm³/mol. The first-order valence-corrected chi connectivity index (χ1v) is 8.70. The summed E-state index contributed by atoms with van der Waals surface area (Å²) in [7, 11) is 0. The van der Waals surface area contributed by atoms with E-state index in [1.807, 2.05) is 36.6 Å². The largest absolute Gasteiger partial charge is 0.493 e. The molecular weight excluding hydrogens is 354 g/mol. The van der Waals surface area contributed by atoms with Gasteiger partial charge in [0.05, 0.1) is 17.2 Å². The zero-order valence-corrected chi connectivity index (χ0v) is 14.7. The van der Waals surface area contributed by atoms with Crippen molar-refractivity contribution in [2.24, 2.45) is 0 Å². The van der Waals surface area contributed by atoms with Gasteiger partial charge < -0.3 is 4.74 Å². The van der Waals surface area contributed by atoms with Crippen molar-refractivity contribution < 1.29 is 14.5 Å². The number of non-ortho nitro benzene ring substituents is 1. The minimum Gasteiger partial charge on any atom is -0.493 e. The predicted octanol–water partition coefficient (Wildman–Crippen LogP) is 4.37. The molecule has 1 amide bonds. The third-order valence-corrected chi connectivity index (χ3v) is 4.26. The maximum atomic E-state index is 12.3. The molecule has 2 aromatic carbocycles. The maximum Gasteiger partial charge on any atom is 0.270 e. The molecule has 3 aromatic rings. The smallest absolute Gasteiger partial charge is 0.270 e. The Kier molecular flexibility index (Phi) is 5.23. The summed E-state index contributed by atoms with van der Waals surface area (Å²) >= 11 is 1.27. The number of nitro groups is 1. The third-order valence-electron chi connectivity index (χ3n) is 3.51. The topological polar surface area (TPSA) is 94.4 Å². The summed E-state index contributed by atoms with van der Waals surface area (Å²) in [6.07, 6.45) is 0. The van der Waals surface area contributed by atoms with Crippen LogP contribution < -0.4 is 10.1 Å². The zero-order valence-electron chi connectivity index (χ0n) is 13.8. The second-order valence-electron chi connectivity index (χ2n) is 5.23. The van der Waals surface area contributed by atoms with Crippen molar-refractivity contribution in [2.75, 3.05) is 11.9 Å². The Morgan fingerprint density at radius 2 is 2.08 bits per heavy atom. The SMILES string of the molecule is CCOc1ccccc1-c1csc(NC(=O)c2cccc([N+](=O)[O-])c2)n1. The Labute approximate surface area is 153 Å². The summed E-state index contributed by atoms with van der Waals surface area (Å²) in [4.78, 5) is 27.0. The molecule has 0 aliphatic rings. The standard InChI is InChI=1S/C18H15N3O4S/c1-2-25-16-9-4-3-8-14(16)15-11-26-18(19-15)20-17(22)12-6-5-7-13(10-12)21(23)24/h3-11H,2H2,1H3,(H,19,20,22). The van der Waals surface area contributed by atoms with Crippen molar-refractivity contribution in [1.29, 1.82) is 0 Å². The van der Waals surface area contributed by atoms with Crippen molar-refractivity contribution in [1.82, 2.24) is 4.98 Å². The van der Waals surface area contributed by atoms with E-state index in [1.54, 1.807) is 0 Å². The molecule has 0 unspecified atom stereocenters. The molecule has 3 rings (SSSR count). The Balaban J connectivity index is 1.80. The number of nitrogens with zero attached hydrogens (tertiary/aromatic N) is 2. The van der Waals surface area contributed by atoms with Crippen LogP contribution in [0.25, 0.3) is 11.3 Å². The van der Waals surface area contributed by atoms with Crippen LogP contribution in [0, 0.1) is 10.1 Å². The molecule has 0 saturated carbocycles. The molecule has 0 spiro atoms. The number of carbonyl (C=O) groups excluding carboxylic acids is 1.